The van der Waals surface area contributed by atoms with Crippen molar-refractivity contribution in [2.24, 2.45) is 0 Å². The van der Waals surface area contributed by atoms with E-state index < -0.39 is 0 Å². The molecule has 4 atom stereocenters. The average Bonchev–Trinajstić information content (AvgIpc) is 3.16. The molecule has 0 spiro atoms. The Bertz CT molecular complexity index is 946. The first-order valence-electron chi connectivity index (χ1n) is 9.29. The number of hydrogen-bond acceptors (Lipinski definition) is 5. The van der Waals surface area contributed by atoms with Crippen molar-refractivity contribution in [1.29, 1.82) is 0 Å². The van der Waals surface area contributed by atoms with Crippen LogP contribution in [0.3, 0.4) is 0 Å². The number of aromatic hydroxyl groups is 1. The lowest BCUT2D eigenvalue weighted by Gasteiger charge is -2.37. The summed E-state index contributed by atoms with van der Waals surface area (Å²) >= 11 is 1.38. The lowest BCUT2D eigenvalue weighted by Crippen LogP contribution is -3.15. The second-order valence-corrected chi connectivity index (χ2v) is 8.15. The van der Waals surface area contributed by atoms with E-state index in [4.69, 9.17) is 4.74 Å². The zero-order valence-corrected chi connectivity index (χ0v) is 16.5. The first-order valence-corrected chi connectivity index (χ1v) is 10.1. The van der Waals surface area contributed by atoms with E-state index in [-0.39, 0.29) is 29.9 Å². The van der Waals surface area contributed by atoms with Gasteiger partial charge >= 0.3 is 0 Å². The molecule has 2 N–H and O–H groups in total. The number of thiazole rings is 1. The highest BCUT2D eigenvalue weighted by molar-refractivity contribution is 7.17. The molecule has 0 amide bonds. The predicted octanol–water partition coefficient (Wildman–Crippen LogP) is 1.98. The molecule has 1 aliphatic heterocycles. The molecule has 3 aromatic rings. The van der Waals surface area contributed by atoms with Gasteiger partial charge in [0, 0.05) is 6.42 Å². The smallest absolute Gasteiger partial charge is 0.235 e. The summed E-state index contributed by atoms with van der Waals surface area (Å²) < 4.78 is 22.1. The molecule has 0 saturated carbocycles. The monoisotopic (exact) mass is 391 g/mol. The molecule has 8 heteroatoms. The van der Waals surface area contributed by atoms with Crippen molar-refractivity contribution in [2.75, 3.05) is 13.1 Å². The van der Waals surface area contributed by atoms with Crippen molar-refractivity contribution < 1.29 is 19.1 Å². The minimum atomic E-state index is -0.335. The van der Waals surface area contributed by atoms with E-state index in [9.17, 15) is 9.50 Å². The molecule has 2 aromatic heterocycles. The molecular formula is C19H24FN4O2S+. The van der Waals surface area contributed by atoms with Crippen molar-refractivity contribution in [3.8, 4) is 5.88 Å². The van der Waals surface area contributed by atoms with E-state index >= 15 is 0 Å². The molecule has 3 heterocycles. The Labute approximate surface area is 161 Å². The van der Waals surface area contributed by atoms with Crippen LogP contribution in [-0.4, -0.2) is 45.0 Å². The van der Waals surface area contributed by atoms with Gasteiger partial charge in [-0.1, -0.05) is 30.4 Å². The molecular weight excluding hydrogens is 367 g/mol. The first kappa shape index (κ1) is 18.3. The number of aryl methyl sites for hydroxylation is 1. The SMILES string of the molecule is CCc1nc2sc([C@@H](c3ccccc3F)[NH+]3C[C@@H](C)O[C@@H](C)C3)c(O)n2n1. The van der Waals surface area contributed by atoms with Gasteiger partial charge in [0.2, 0.25) is 10.8 Å². The van der Waals surface area contributed by atoms with Crippen molar-refractivity contribution in [1.82, 2.24) is 14.6 Å². The fourth-order valence-electron chi connectivity index (χ4n) is 3.93. The number of morpholine rings is 1. The molecule has 144 valence electrons. The molecule has 1 fully saturated rings. The number of nitrogens with one attached hydrogen (secondary N) is 1. The number of nitrogens with zero attached hydrogens (tertiary/aromatic N) is 3. The molecule has 0 aliphatic carbocycles. The van der Waals surface area contributed by atoms with Crippen LogP contribution in [0.1, 0.15) is 43.1 Å². The summed E-state index contributed by atoms with van der Waals surface area (Å²) in [4.78, 5) is 6.96. The lowest BCUT2D eigenvalue weighted by atomic mass is 10.0. The Kier molecular flexibility index (Phi) is 4.88. The van der Waals surface area contributed by atoms with Crippen LogP contribution in [0, 0.1) is 5.82 Å². The van der Waals surface area contributed by atoms with Crippen LogP contribution in [0.2, 0.25) is 0 Å². The van der Waals surface area contributed by atoms with Gasteiger partial charge in [-0.05, 0) is 26.0 Å². The maximum atomic E-state index is 14.7. The summed E-state index contributed by atoms with van der Waals surface area (Å²) in [6, 6.07) is 6.45. The molecule has 0 bridgehead atoms. The highest BCUT2D eigenvalue weighted by Crippen LogP contribution is 2.36. The lowest BCUT2D eigenvalue weighted by molar-refractivity contribution is -0.939. The summed E-state index contributed by atoms with van der Waals surface area (Å²) in [7, 11) is 0. The van der Waals surface area contributed by atoms with Gasteiger partial charge in [0.25, 0.3) is 0 Å². The normalized spacial score (nSPS) is 24.4. The minimum absolute atomic E-state index is 0.0507. The van der Waals surface area contributed by atoms with Gasteiger partial charge in [0.05, 0.1) is 5.56 Å². The van der Waals surface area contributed by atoms with Gasteiger partial charge in [-0.25, -0.2) is 9.37 Å². The standard InChI is InChI=1S/C19H23FN4O2S/c1-4-15-21-19-24(22-15)18(25)17(27-19)16(13-7-5-6-8-14(13)20)23-9-11(2)26-12(3)10-23/h5-8,11-12,16,25H,4,9-10H2,1-3H3/p+1/t11-,12+,16-/m1/s1. The molecule has 6 nitrogen and oxygen atoms in total. The number of ether oxygens (including phenoxy) is 1. The summed E-state index contributed by atoms with van der Waals surface area (Å²) in [5.74, 6) is 0.468. The summed E-state index contributed by atoms with van der Waals surface area (Å²) in [6.45, 7) is 7.50. The van der Waals surface area contributed by atoms with Gasteiger partial charge < -0.3 is 14.7 Å². The highest BCUT2D eigenvalue weighted by atomic mass is 32.1. The average molecular weight is 391 g/mol. The zero-order chi connectivity index (χ0) is 19.1. The van der Waals surface area contributed by atoms with Crippen molar-refractivity contribution >= 4 is 16.3 Å². The Balaban J connectivity index is 1.84. The van der Waals surface area contributed by atoms with Crippen molar-refractivity contribution in [2.45, 2.75) is 45.4 Å². The molecule has 1 unspecified atom stereocenters. The van der Waals surface area contributed by atoms with E-state index in [1.165, 1.54) is 26.8 Å². The molecule has 1 aliphatic rings. The largest absolute Gasteiger partial charge is 0.492 e. The quantitative estimate of drug-likeness (QED) is 0.714. The number of fused-ring (bicyclic) bond motifs is 1. The molecule has 1 aromatic carbocycles. The fraction of sp³-hybridized carbons (Fsp3) is 0.474. The van der Waals surface area contributed by atoms with Gasteiger partial charge in [-0.3, -0.25) is 0 Å². The third kappa shape index (κ3) is 3.33. The minimum Gasteiger partial charge on any atom is -0.492 e. The maximum Gasteiger partial charge on any atom is 0.235 e. The maximum absolute atomic E-state index is 14.7. The Hall–Kier alpha value is -2.03. The van der Waals surface area contributed by atoms with Crippen LogP contribution in [0.5, 0.6) is 5.88 Å². The number of halogens is 1. The van der Waals surface area contributed by atoms with Crippen LogP contribution in [0.4, 0.5) is 4.39 Å². The summed E-state index contributed by atoms with van der Waals surface area (Å²) in [5.41, 5.74) is 0.573. The second kappa shape index (κ2) is 7.18. The van der Waals surface area contributed by atoms with Crippen LogP contribution in [0.25, 0.3) is 4.96 Å². The third-order valence-corrected chi connectivity index (χ3v) is 6.10. The topological polar surface area (TPSA) is 64.1 Å². The Morgan fingerprint density at radius 1 is 1.33 bits per heavy atom. The third-order valence-electron chi connectivity index (χ3n) is 5.01. The highest BCUT2D eigenvalue weighted by Gasteiger charge is 2.38. The van der Waals surface area contributed by atoms with E-state index in [1.807, 2.05) is 26.8 Å². The van der Waals surface area contributed by atoms with E-state index in [0.29, 0.717) is 27.6 Å². The predicted molar refractivity (Wildman–Crippen MR) is 101 cm³/mol. The summed E-state index contributed by atoms with van der Waals surface area (Å²) in [6.07, 6.45) is 0.826. The zero-order valence-electron chi connectivity index (χ0n) is 15.6. The number of aromatic nitrogens is 3. The van der Waals surface area contributed by atoms with E-state index in [2.05, 4.69) is 10.1 Å². The van der Waals surface area contributed by atoms with Gasteiger partial charge in [0.1, 0.15) is 36.0 Å². The number of quaternary nitrogens is 1. The van der Waals surface area contributed by atoms with Crippen LogP contribution in [0.15, 0.2) is 24.3 Å². The number of hydrogen-bond donors (Lipinski definition) is 2. The number of benzene rings is 1. The van der Waals surface area contributed by atoms with Crippen LogP contribution >= 0.6 is 11.3 Å². The summed E-state index contributed by atoms with van der Waals surface area (Å²) in [5, 5.41) is 15.3. The molecule has 1 saturated heterocycles. The molecule has 27 heavy (non-hydrogen) atoms. The number of rotatable bonds is 4. The Morgan fingerprint density at radius 3 is 2.67 bits per heavy atom. The van der Waals surface area contributed by atoms with Gasteiger partial charge in [0.15, 0.2) is 11.9 Å². The second-order valence-electron chi connectivity index (χ2n) is 7.14. The van der Waals surface area contributed by atoms with Crippen molar-refractivity contribution in [3.05, 3.63) is 46.3 Å². The van der Waals surface area contributed by atoms with Gasteiger partial charge in [-0.15, -0.1) is 5.10 Å². The molecule has 4 rings (SSSR count). The Morgan fingerprint density at radius 2 is 2.04 bits per heavy atom. The van der Waals surface area contributed by atoms with Crippen LogP contribution in [-0.2, 0) is 11.2 Å². The van der Waals surface area contributed by atoms with E-state index in [1.54, 1.807) is 12.1 Å². The molecule has 0 radical (unpaired) electrons. The fourth-order valence-corrected chi connectivity index (χ4v) is 5.09. The van der Waals surface area contributed by atoms with Gasteiger partial charge in [-0.2, -0.15) is 4.52 Å². The first-order chi connectivity index (χ1) is 13.0. The van der Waals surface area contributed by atoms with E-state index in [0.717, 1.165) is 13.1 Å². The van der Waals surface area contributed by atoms with Crippen LogP contribution < -0.4 is 4.90 Å². The van der Waals surface area contributed by atoms with Crippen molar-refractivity contribution in [3.63, 3.8) is 0 Å².